The van der Waals surface area contributed by atoms with Gasteiger partial charge in [-0.3, -0.25) is 0 Å². The highest BCUT2D eigenvalue weighted by Crippen LogP contribution is 1.95. The molecule has 0 atom stereocenters. The minimum absolute atomic E-state index is 0. The van der Waals surface area contributed by atoms with E-state index in [4.69, 9.17) is 10.5 Å². The molecule has 0 aromatic carbocycles. The van der Waals surface area contributed by atoms with Gasteiger partial charge in [-0.2, -0.15) is 10.5 Å². The highest BCUT2D eigenvalue weighted by atomic mass is 14.9. The van der Waals surface area contributed by atoms with Crippen LogP contribution in [0.5, 0.6) is 0 Å². The number of hydrogen-bond acceptors (Lipinski definition) is 4. The molecule has 4 N–H and O–H groups in total. The zero-order chi connectivity index (χ0) is 6.69. The molecule has 5 nitrogen and oxygen atoms in total. The van der Waals surface area contributed by atoms with Gasteiger partial charge in [0, 0.05) is 0 Å². The van der Waals surface area contributed by atoms with Crippen molar-refractivity contribution in [1.29, 1.82) is 10.5 Å². The van der Waals surface area contributed by atoms with E-state index in [9.17, 15) is 0 Å². The van der Waals surface area contributed by atoms with Gasteiger partial charge in [0.1, 0.15) is 12.1 Å². The zero-order valence-corrected chi connectivity index (χ0v) is 5.13. The second-order valence-electron chi connectivity index (χ2n) is 1.35. The second-order valence-corrected chi connectivity index (χ2v) is 1.35. The quantitative estimate of drug-likeness (QED) is 0.533. The maximum absolute atomic E-state index is 8.27. The summed E-state index contributed by atoms with van der Waals surface area (Å²) in [4.78, 5) is 6.08. The van der Waals surface area contributed by atoms with Crippen molar-refractivity contribution in [3.63, 3.8) is 0 Å². The van der Waals surface area contributed by atoms with Crippen molar-refractivity contribution in [2.45, 2.75) is 0 Å². The first-order valence-electron chi connectivity index (χ1n) is 2.22. The highest BCUT2D eigenvalue weighted by molar-refractivity contribution is 5.34. The Morgan fingerprint density at radius 2 is 2.10 bits per heavy atom. The molecule has 0 aliphatic heterocycles. The molecule has 0 unspecified atom stereocenters. The maximum Gasteiger partial charge on any atom is 0.176 e. The average Bonchev–Trinajstić information content (AvgIpc) is 2.33. The van der Waals surface area contributed by atoms with Crippen LogP contribution in [0.3, 0.4) is 0 Å². The summed E-state index contributed by atoms with van der Waals surface area (Å²) in [6, 6.07) is 3.55. The summed E-state index contributed by atoms with van der Waals surface area (Å²) in [5, 5.41) is 16.5. The lowest BCUT2D eigenvalue weighted by atomic mass is 10.4. The third-order valence-electron chi connectivity index (χ3n) is 0.857. The van der Waals surface area contributed by atoms with Crippen LogP contribution in [0.15, 0.2) is 6.33 Å². The topological polar surface area (TPSA) is 111 Å². The molecule has 0 aliphatic carbocycles. The van der Waals surface area contributed by atoms with E-state index in [1.165, 1.54) is 6.33 Å². The van der Waals surface area contributed by atoms with Crippen LogP contribution in [0.1, 0.15) is 11.4 Å². The number of nitriles is 2. The molecule has 0 amide bonds. The van der Waals surface area contributed by atoms with Gasteiger partial charge in [-0.1, -0.05) is 0 Å². The first kappa shape index (κ1) is 8.15. The summed E-state index contributed by atoms with van der Waals surface area (Å²) >= 11 is 0. The van der Waals surface area contributed by atoms with Crippen molar-refractivity contribution in [3.05, 3.63) is 17.7 Å². The summed E-state index contributed by atoms with van der Waals surface area (Å²) in [7, 11) is 0. The molecule has 1 aromatic heterocycles. The van der Waals surface area contributed by atoms with E-state index in [0.29, 0.717) is 0 Å². The van der Waals surface area contributed by atoms with Crippen LogP contribution in [0.4, 0.5) is 0 Å². The van der Waals surface area contributed by atoms with E-state index in [1.807, 2.05) is 0 Å². The van der Waals surface area contributed by atoms with Crippen LogP contribution in [0.25, 0.3) is 0 Å². The summed E-state index contributed by atoms with van der Waals surface area (Å²) in [5.74, 6) is 0. The van der Waals surface area contributed by atoms with Gasteiger partial charge in [0.05, 0.1) is 6.33 Å². The number of aromatic amines is 1. The first-order valence-corrected chi connectivity index (χ1v) is 2.22. The van der Waals surface area contributed by atoms with E-state index >= 15 is 0 Å². The van der Waals surface area contributed by atoms with E-state index in [-0.39, 0.29) is 17.5 Å². The van der Waals surface area contributed by atoms with Crippen LogP contribution < -0.4 is 6.15 Å². The number of aromatic nitrogens is 2. The summed E-state index contributed by atoms with van der Waals surface area (Å²) in [6.07, 6.45) is 1.32. The fourth-order valence-electron chi connectivity index (χ4n) is 0.464. The third-order valence-corrected chi connectivity index (χ3v) is 0.857. The van der Waals surface area contributed by atoms with Crippen LogP contribution >= 0.6 is 0 Å². The van der Waals surface area contributed by atoms with Crippen LogP contribution in [-0.4, -0.2) is 9.97 Å². The lowest BCUT2D eigenvalue weighted by Crippen LogP contribution is -1.77. The minimum atomic E-state index is 0. The summed E-state index contributed by atoms with van der Waals surface area (Å²) in [5.41, 5.74) is 0.370. The van der Waals surface area contributed by atoms with Crippen molar-refractivity contribution in [3.8, 4) is 12.1 Å². The third kappa shape index (κ3) is 1.10. The largest absolute Gasteiger partial charge is 0.344 e. The Labute approximate surface area is 57.5 Å². The van der Waals surface area contributed by atoms with Crippen molar-refractivity contribution >= 4 is 0 Å². The molecule has 50 valence electrons. The van der Waals surface area contributed by atoms with Crippen LogP contribution in [-0.2, 0) is 0 Å². The molecule has 1 heterocycles. The lowest BCUT2D eigenvalue weighted by molar-refractivity contribution is 1.29. The lowest BCUT2D eigenvalue weighted by Gasteiger charge is -1.73. The Morgan fingerprint density at radius 1 is 1.40 bits per heavy atom. The van der Waals surface area contributed by atoms with Gasteiger partial charge in [-0.15, -0.1) is 0 Å². The molecule has 1 rings (SSSR count). The van der Waals surface area contributed by atoms with E-state index in [1.54, 1.807) is 12.1 Å². The maximum atomic E-state index is 8.27. The van der Waals surface area contributed by atoms with Gasteiger partial charge in [0.25, 0.3) is 0 Å². The Bertz CT molecular complexity index is 257. The predicted molar refractivity (Wildman–Crippen MR) is 33.0 cm³/mol. The number of rotatable bonds is 0. The van der Waals surface area contributed by atoms with Crippen molar-refractivity contribution < 1.29 is 0 Å². The van der Waals surface area contributed by atoms with Gasteiger partial charge in [-0.05, 0) is 0 Å². The molecule has 1 aromatic rings. The molecular formula is C5H5N5. The van der Waals surface area contributed by atoms with Crippen LogP contribution in [0.2, 0.25) is 0 Å². The van der Waals surface area contributed by atoms with Crippen molar-refractivity contribution in [1.82, 2.24) is 16.1 Å². The van der Waals surface area contributed by atoms with Crippen LogP contribution in [0, 0.1) is 22.7 Å². The summed E-state index contributed by atoms with van der Waals surface area (Å²) < 4.78 is 0. The second kappa shape index (κ2) is 3.23. The van der Waals surface area contributed by atoms with Gasteiger partial charge >= 0.3 is 0 Å². The molecule has 0 radical (unpaired) electrons. The number of imidazole rings is 1. The van der Waals surface area contributed by atoms with Crippen molar-refractivity contribution in [2.24, 2.45) is 0 Å². The van der Waals surface area contributed by atoms with E-state index in [2.05, 4.69) is 9.97 Å². The zero-order valence-electron chi connectivity index (χ0n) is 5.13. The number of H-pyrrole nitrogens is 1. The molecular weight excluding hydrogens is 130 g/mol. The Balaban J connectivity index is 0.000000810. The van der Waals surface area contributed by atoms with Gasteiger partial charge in [-0.25, -0.2) is 4.98 Å². The SMILES string of the molecule is N.N#Cc1nc[nH]c1C#N. The average molecular weight is 135 g/mol. The molecule has 0 spiro atoms. The normalized spacial score (nSPS) is 7.00. The van der Waals surface area contributed by atoms with Gasteiger partial charge < -0.3 is 11.1 Å². The smallest absolute Gasteiger partial charge is 0.176 e. The van der Waals surface area contributed by atoms with Crippen molar-refractivity contribution in [2.75, 3.05) is 0 Å². The Kier molecular flexibility index (Phi) is 2.63. The number of nitrogens with one attached hydrogen (secondary N) is 1. The summed E-state index contributed by atoms with van der Waals surface area (Å²) in [6.45, 7) is 0. The van der Waals surface area contributed by atoms with Gasteiger partial charge in [0.15, 0.2) is 11.4 Å². The molecule has 0 fully saturated rings. The fraction of sp³-hybridized carbons (Fsp3) is 0. The van der Waals surface area contributed by atoms with E-state index < -0.39 is 0 Å². The predicted octanol–water partition coefficient (Wildman–Crippen LogP) is 0.315. The molecule has 0 saturated heterocycles. The highest BCUT2D eigenvalue weighted by Gasteiger charge is 1.99. The van der Waals surface area contributed by atoms with Gasteiger partial charge in [0.2, 0.25) is 0 Å². The number of nitrogens with zero attached hydrogens (tertiary/aromatic N) is 3. The minimum Gasteiger partial charge on any atom is -0.344 e. The molecule has 0 bridgehead atoms. The molecule has 10 heavy (non-hydrogen) atoms. The monoisotopic (exact) mass is 135 g/mol. The molecule has 0 aliphatic rings. The standard InChI is InChI=1S/C5H2N4.H3N/c6-1-4-5(2-7)9-3-8-4;/h3H,(H,8,9);1H3. The molecule has 0 saturated carbocycles. The number of hydrogen-bond donors (Lipinski definition) is 2. The fourth-order valence-corrected chi connectivity index (χ4v) is 0.464. The Morgan fingerprint density at radius 3 is 2.50 bits per heavy atom. The van der Waals surface area contributed by atoms with E-state index in [0.717, 1.165) is 0 Å². The Hall–Kier alpha value is -1.85. The molecule has 5 heteroatoms. The first-order chi connectivity index (χ1) is 4.38.